The summed E-state index contributed by atoms with van der Waals surface area (Å²) >= 11 is 6.69. The zero-order valence-electron chi connectivity index (χ0n) is 19.9. The van der Waals surface area contributed by atoms with Crippen molar-refractivity contribution in [1.29, 1.82) is 0 Å². The standard InChI is InChI=1S/C28H23ClN4O3/c1-31-25-22(27(34)32(2)28(31)35)24(16-12-14-17(36-3)15-13-16)33-21-11-7-6-10-20(21)30-23(26(25)33)18-8-4-5-9-19(18)29/h4-15,23,30H,1-3H3/t23-/m0/s1. The van der Waals surface area contributed by atoms with Crippen molar-refractivity contribution in [1.82, 2.24) is 13.7 Å². The van der Waals surface area contributed by atoms with E-state index in [1.165, 1.54) is 7.05 Å². The minimum atomic E-state index is -0.402. The first-order valence-corrected chi connectivity index (χ1v) is 11.9. The third-order valence-corrected chi connectivity index (χ3v) is 7.25. The van der Waals surface area contributed by atoms with Crippen molar-refractivity contribution in [2.75, 3.05) is 12.4 Å². The molecule has 3 aromatic carbocycles. The minimum absolute atomic E-state index is 0.351. The molecule has 36 heavy (non-hydrogen) atoms. The summed E-state index contributed by atoms with van der Waals surface area (Å²) < 4.78 is 10.2. The average Bonchev–Trinajstić information content (AvgIpc) is 3.27. The van der Waals surface area contributed by atoms with Gasteiger partial charge in [0, 0.05) is 19.1 Å². The third-order valence-electron chi connectivity index (χ3n) is 6.91. The van der Waals surface area contributed by atoms with Crippen molar-refractivity contribution in [3.05, 3.63) is 110 Å². The van der Waals surface area contributed by atoms with Crippen LogP contribution >= 0.6 is 11.6 Å². The van der Waals surface area contributed by atoms with Gasteiger partial charge in [0.1, 0.15) is 5.75 Å². The van der Waals surface area contributed by atoms with Gasteiger partial charge in [-0.15, -0.1) is 0 Å². The van der Waals surface area contributed by atoms with Gasteiger partial charge in [-0.25, -0.2) is 4.79 Å². The third kappa shape index (κ3) is 3.06. The van der Waals surface area contributed by atoms with Crippen LogP contribution in [0.3, 0.4) is 0 Å². The number of para-hydroxylation sites is 2. The van der Waals surface area contributed by atoms with Crippen LogP contribution in [0.5, 0.6) is 5.75 Å². The van der Waals surface area contributed by atoms with Crippen molar-refractivity contribution < 1.29 is 4.74 Å². The molecule has 1 aliphatic heterocycles. The molecule has 5 aromatic rings. The Kier molecular flexibility index (Phi) is 5.05. The molecule has 0 unspecified atom stereocenters. The number of halogens is 1. The summed E-state index contributed by atoms with van der Waals surface area (Å²) in [5.74, 6) is 0.713. The SMILES string of the molecule is COc1ccc(-c2c3c(=O)n(C)c(=O)n(C)c3c3n2-c2ccccc2N[C@H]3c2ccccc2Cl)cc1. The molecule has 0 amide bonds. The van der Waals surface area contributed by atoms with Crippen molar-refractivity contribution in [2.45, 2.75) is 6.04 Å². The fourth-order valence-electron chi connectivity index (χ4n) is 5.18. The first-order valence-electron chi connectivity index (χ1n) is 11.5. The highest BCUT2D eigenvalue weighted by atomic mass is 35.5. The first-order chi connectivity index (χ1) is 17.4. The summed E-state index contributed by atoms with van der Waals surface area (Å²) in [6.07, 6.45) is 0. The number of nitrogens with zero attached hydrogens (tertiary/aromatic N) is 3. The smallest absolute Gasteiger partial charge is 0.331 e. The van der Waals surface area contributed by atoms with Gasteiger partial charge < -0.3 is 14.6 Å². The second-order valence-corrected chi connectivity index (χ2v) is 9.25. The van der Waals surface area contributed by atoms with Crippen LogP contribution in [0.1, 0.15) is 17.3 Å². The molecule has 7 nitrogen and oxygen atoms in total. The molecule has 6 rings (SSSR count). The predicted octanol–water partition coefficient (Wildman–Crippen LogP) is 4.87. The molecule has 0 saturated heterocycles. The number of fused-ring (bicyclic) bond motifs is 5. The molecule has 0 spiro atoms. The molecule has 0 fully saturated rings. The summed E-state index contributed by atoms with van der Waals surface area (Å²) in [6.45, 7) is 0. The maximum atomic E-state index is 13.7. The second-order valence-electron chi connectivity index (χ2n) is 8.84. The molecular formula is C28H23ClN4O3. The number of nitrogens with one attached hydrogen (secondary N) is 1. The number of anilines is 1. The van der Waals surface area contributed by atoms with Crippen LogP contribution in [0, 0.1) is 0 Å². The lowest BCUT2D eigenvalue weighted by molar-refractivity contribution is 0.415. The Hall–Kier alpha value is -4.23. The van der Waals surface area contributed by atoms with E-state index in [9.17, 15) is 9.59 Å². The van der Waals surface area contributed by atoms with E-state index in [-0.39, 0.29) is 11.2 Å². The minimum Gasteiger partial charge on any atom is -0.497 e. The highest BCUT2D eigenvalue weighted by Gasteiger charge is 2.35. The van der Waals surface area contributed by atoms with Gasteiger partial charge in [0.2, 0.25) is 0 Å². The van der Waals surface area contributed by atoms with E-state index in [1.807, 2.05) is 72.8 Å². The number of hydrogen-bond donors (Lipinski definition) is 1. The lowest BCUT2D eigenvalue weighted by atomic mass is 9.99. The van der Waals surface area contributed by atoms with Gasteiger partial charge in [-0.05, 0) is 53.6 Å². The molecule has 0 radical (unpaired) electrons. The van der Waals surface area contributed by atoms with E-state index >= 15 is 0 Å². The van der Waals surface area contributed by atoms with Gasteiger partial charge in [-0.1, -0.05) is 41.9 Å². The quantitative estimate of drug-likeness (QED) is 0.385. The number of rotatable bonds is 3. The monoisotopic (exact) mass is 498 g/mol. The Morgan fingerprint density at radius 2 is 1.58 bits per heavy atom. The van der Waals surface area contributed by atoms with E-state index in [0.29, 0.717) is 27.4 Å². The zero-order valence-corrected chi connectivity index (χ0v) is 20.7. The molecule has 2 aromatic heterocycles. The van der Waals surface area contributed by atoms with Crippen LogP contribution in [0.2, 0.25) is 5.02 Å². The van der Waals surface area contributed by atoms with Gasteiger partial charge in [0.05, 0.1) is 46.8 Å². The van der Waals surface area contributed by atoms with Crippen molar-refractivity contribution >= 4 is 28.2 Å². The van der Waals surface area contributed by atoms with Crippen molar-refractivity contribution in [2.24, 2.45) is 14.1 Å². The molecule has 0 saturated carbocycles. The number of methoxy groups -OCH3 is 1. The molecule has 8 heteroatoms. The molecule has 0 aliphatic carbocycles. The average molecular weight is 499 g/mol. The van der Waals surface area contributed by atoms with Crippen molar-refractivity contribution in [3.63, 3.8) is 0 Å². The first kappa shape index (κ1) is 22.2. The molecule has 3 heterocycles. The van der Waals surface area contributed by atoms with Gasteiger partial charge in [-0.3, -0.25) is 13.9 Å². The molecule has 1 aliphatic rings. The van der Waals surface area contributed by atoms with E-state index in [1.54, 1.807) is 18.7 Å². The lowest BCUT2D eigenvalue weighted by Gasteiger charge is -2.31. The summed E-state index contributed by atoms with van der Waals surface area (Å²) in [6, 6.07) is 22.7. The summed E-state index contributed by atoms with van der Waals surface area (Å²) in [5, 5.41) is 4.68. The maximum absolute atomic E-state index is 13.7. The number of hydrogen-bond acceptors (Lipinski definition) is 4. The highest BCUT2D eigenvalue weighted by Crippen LogP contribution is 2.46. The van der Waals surface area contributed by atoms with Crippen LogP contribution in [-0.2, 0) is 14.1 Å². The van der Waals surface area contributed by atoms with E-state index in [0.717, 1.165) is 32.8 Å². The Labute approximate surface area is 211 Å². The fourth-order valence-corrected chi connectivity index (χ4v) is 5.43. The Morgan fingerprint density at radius 3 is 2.31 bits per heavy atom. The van der Waals surface area contributed by atoms with Crippen LogP contribution in [-0.4, -0.2) is 20.8 Å². The molecule has 1 atom stereocenters. The van der Waals surface area contributed by atoms with Gasteiger partial charge in [-0.2, -0.15) is 0 Å². The summed E-state index contributed by atoms with van der Waals surface area (Å²) in [4.78, 5) is 26.9. The Morgan fingerprint density at radius 1 is 0.889 bits per heavy atom. The van der Waals surface area contributed by atoms with Crippen LogP contribution in [0.15, 0.2) is 82.4 Å². The lowest BCUT2D eigenvalue weighted by Crippen LogP contribution is -2.37. The number of aryl methyl sites for hydroxylation is 1. The van der Waals surface area contributed by atoms with Crippen LogP contribution in [0.25, 0.3) is 27.8 Å². The normalized spacial score (nSPS) is 14.3. The molecule has 1 N–H and O–H groups in total. The fraction of sp³-hybridized carbons (Fsp3) is 0.143. The summed E-state index contributed by atoms with van der Waals surface area (Å²) in [5.41, 5.74) is 4.78. The predicted molar refractivity (Wildman–Crippen MR) is 143 cm³/mol. The number of aromatic nitrogens is 3. The topological polar surface area (TPSA) is 70.2 Å². The Bertz CT molecular complexity index is 1780. The van der Waals surface area contributed by atoms with Crippen LogP contribution in [0.4, 0.5) is 5.69 Å². The second kappa shape index (κ2) is 8.17. The number of ether oxygens (including phenoxy) is 1. The van der Waals surface area contributed by atoms with Crippen LogP contribution < -0.4 is 21.3 Å². The maximum Gasteiger partial charge on any atom is 0.331 e. The summed E-state index contributed by atoms with van der Waals surface area (Å²) in [7, 11) is 4.83. The van der Waals surface area contributed by atoms with Gasteiger partial charge in [0.15, 0.2) is 0 Å². The van der Waals surface area contributed by atoms with Crippen molar-refractivity contribution in [3.8, 4) is 22.7 Å². The number of benzene rings is 3. The largest absolute Gasteiger partial charge is 0.497 e. The van der Waals surface area contributed by atoms with E-state index in [2.05, 4.69) is 9.88 Å². The van der Waals surface area contributed by atoms with E-state index < -0.39 is 6.04 Å². The highest BCUT2D eigenvalue weighted by molar-refractivity contribution is 6.31. The molecular weight excluding hydrogens is 476 g/mol. The Balaban J connectivity index is 1.85. The molecule has 180 valence electrons. The van der Waals surface area contributed by atoms with Gasteiger partial charge in [0.25, 0.3) is 5.56 Å². The zero-order chi connectivity index (χ0) is 25.1. The van der Waals surface area contributed by atoms with Gasteiger partial charge >= 0.3 is 5.69 Å². The van der Waals surface area contributed by atoms with E-state index in [4.69, 9.17) is 16.3 Å². The molecule has 0 bridgehead atoms.